The minimum absolute atomic E-state index is 0.0577. The highest BCUT2D eigenvalue weighted by Gasteiger charge is 2.21. The lowest BCUT2D eigenvalue weighted by Crippen LogP contribution is -2.38. The number of nitrogens with zero attached hydrogens (tertiary/aromatic N) is 1. The first kappa shape index (κ1) is 15.4. The summed E-state index contributed by atoms with van der Waals surface area (Å²) in [5.74, 6) is -0.341. The van der Waals surface area contributed by atoms with Gasteiger partial charge in [-0.1, -0.05) is 6.92 Å². The average molecular weight is 258 g/mol. The zero-order valence-electron chi connectivity index (χ0n) is 11.5. The van der Waals surface area contributed by atoms with Crippen molar-refractivity contribution < 1.29 is 14.6 Å². The Labute approximate surface area is 109 Å². The van der Waals surface area contributed by atoms with Gasteiger partial charge < -0.3 is 20.5 Å². The number of hydrogen-bond donors (Lipinski definition) is 2. The number of aliphatic hydroxyl groups is 1. The molecule has 0 bridgehead atoms. The molecule has 1 saturated heterocycles. The lowest BCUT2D eigenvalue weighted by atomic mass is 9.97. The molecule has 1 aliphatic heterocycles. The Morgan fingerprint density at radius 2 is 2.11 bits per heavy atom. The maximum atomic E-state index is 10.7. The molecule has 0 spiro atoms. The Kier molecular flexibility index (Phi) is 6.60. The van der Waals surface area contributed by atoms with E-state index < -0.39 is 12.0 Å². The first-order chi connectivity index (χ1) is 8.50. The van der Waals surface area contributed by atoms with Gasteiger partial charge in [-0.25, -0.2) is 0 Å². The molecule has 0 aliphatic carbocycles. The van der Waals surface area contributed by atoms with E-state index in [-0.39, 0.29) is 12.3 Å². The summed E-state index contributed by atoms with van der Waals surface area (Å²) in [6, 6.07) is 0.583. The second-order valence-electron chi connectivity index (χ2n) is 5.33. The summed E-state index contributed by atoms with van der Waals surface area (Å²) in [6.07, 6.45) is 2.47. The number of hydrogen-bond acceptors (Lipinski definition) is 4. The van der Waals surface area contributed by atoms with Gasteiger partial charge >= 0.3 is 0 Å². The summed E-state index contributed by atoms with van der Waals surface area (Å²) in [6.45, 7) is 4.58. The molecular weight excluding hydrogens is 232 g/mol. The van der Waals surface area contributed by atoms with Gasteiger partial charge in [0.15, 0.2) is 0 Å². The third kappa shape index (κ3) is 5.33. The molecule has 1 aliphatic rings. The quantitative estimate of drug-likeness (QED) is 0.691. The predicted molar refractivity (Wildman–Crippen MR) is 70.1 cm³/mol. The number of primary amides is 1. The van der Waals surface area contributed by atoms with Crippen LogP contribution in [0.4, 0.5) is 0 Å². The number of carbonyl (C=O) groups excluding carboxylic acids is 1. The third-order valence-electron chi connectivity index (χ3n) is 3.82. The minimum atomic E-state index is -0.620. The third-order valence-corrected chi connectivity index (χ3v) is 3.82. The van der Waals surface area contributed by atoms with Crippen molar-refractivity contribution >= 4 is 5.91 Å². The molecular formula is C13H26N2O3. The Morgan fingerprint density at radius 1 is 1.50 bits per heavy atom. The second-order valence-corrected chi connectivity index (χ2v) is 5.33. The zero-order chi connectivity index (χ0) is 13.5. The molecule has 0 saturated carbocycles. The van der Waals surface area contributed by atoms with Crippen LogP contribution < -0.4 is 5.73 Å². The number of aliphatic hydroxyl groups excluding tert-OH is 1. The van der Waals surface area contributed by atoms with Crippen LogP contribution in [0.25, 0.3) is 0 Å². The molecule has 5 nitrogen and oxygen atoms in total. The molecule has 5 heteroatoms. The second kappa shape index (κ2) is 7.71. The van der Waals surface area contributed by atoms with Gasteiger partial charge in [0.05, 0.1) is 12.5 Å². The van der Waals surface area contributed by atoms with E-state index in [0.29, 0.717) is 6.04 Å². The van der Waals surface area contributed by atoms with Gasteiger partial charge in [0.1, 0.15) is 0 Å². The number of carbonyl (C=O) groups is 1. The maximum Gasteiger partial charge on any atom is 0.220 e. The first-order valence-electron chi connectivity index (χ1n) is 6.75. The molecule has 2 atom stereocenters. The molecule has 106 valence electrons. The van der Waals surface area contributed by atoms with Gasteiger partial charge in [-0.05, 0) is 38.8 Å². The van der Waals surface area contributed by atoms with Crippen molar-refractivity contribution in [3.63, 3.8) is 0 Å². The minimum Gasteiger partial charge on any atom is -0.392 e. The standard InChI is InChI=1S/C13H26N2O3/c1-10(12(16)9-13(14)17)3-6-15(2)11-4-7-18-8-5-11/h10-12,16H,3-9H2,1-2H3,(H2,14,17)/t10-,12+/m1/s1. The largest absolute Gasteiger partial charge is 0.392 e. The molecule has 0 radical (unpaired) electrons. The predicted octanol–water partition coefficient (Wildman–Crippen LogP) is 0.360. The van der Waals surface area contributed by atoms with Crippen LogP contribution in [-0.4, -0.2) is 54.9 Å². The lowest BCUT2D eigenvalue weighted by molar-refractivity contribution is -0.120. The van der Waals surface area contributed by atoms with Gasteiger partial charge in [-0.15, -0.1) is 0 Å². The number of ether oxygens (including phenoxy) is 1. The Bertz CT molecular complexity index is 255. The van der Waals surface area contributed by atoms with Crippen molar-refractivity contribution in [3.8, 4) is 0 Å². The number of amides is 1. The lowest BCUT2D eigenvalue weighted by Gasteiger charge is -2.32. The SMILES string of the molecule is C[C@H](CCN(C)C1CCOCC1)[C@@H](O)CC(N)=O. The molecule has 0 aromatic carbocycles. The number of nitrogens with two attached hydrogens (primary N) is 1. The molecule has 0 aromatic rings. The fourth-order valence-corrected chi connectivity index (χ4v) is 2.32. The van der Waals surface area contributed by atoms with E-state index in [1.54, 1.807) is 0 Å². The van der Waals surface area contributed by atoms with E-state index in [9.17, 15) is 9.90 Å². The molecule has 1 heterocycles. The molecule has 3 N–H and O–H groups in total. The molecule has 1 rings (SSSR count). The van der Waals surface area contributed by atoms with Crippen LogP contribution in [0.15, 0.2) is 0 Å². The molecule has 1 amide bonds. The van der Waals surface area contributed by atoms with E-state index in [1.165, 1.54) is 0 Å². The monoisotopic (exact) mass is 258 g/mol. The highest BCUT2D eigenvalue weighted by molar-refractivity contribution is 5.74. The van der Waals surface area contributed by atoms with Crippen molar-refractivity contribution in [1.82, 2.24) is 4.90 Å². The normalized spacial score (nSPS) is 20.9. The summed E-state index contributed by atoms with van der Waals surface area (Å²) >= 11 is 0. The van der Waals surface area contributed by atoms with Crippen LogP contribution in [0.5, 0.6) is 0 Å². The number of rotatable bonds is 7. The molecule has 1 fully saturated rings. The summed E-state index contributed by atoms with van der Waals surface area (Å²) in [5.41, 5.74) is 5.08. The smallest absolute Gasteiger partial charge is 0.220 e. The average Bonchev–Trinajstić information content (AvgIpc) is 2.35. The molecule has 0 aromatic heterocycles. The van der Waals surface area contributed by atoms with Crippen molar-refractivity contribution in [2.45, 2.75) is 44.8 Å². The van der Waals surface area contributed by atoms with Crippen molar-refractivity contribution in [2.75, 3.05) is 26.8 Å². The van der Waals surface area contributed by atoms with Gasteiger partial charge in [-0.2, -0.15) is 0 Å². The van der Waals surface area contributed by atoms with Crippen molar-refractivity contribution in [1.29, 1.82) is 0 Å². The zero-order valence-corrected chi connectivity index (χ0v) is 11.5. The van der Waals surface area contributed by atoms with Crippen LogP contribution in [0.2, 0.25) is 0 Å². The first-order valence-corrected chi connectivity index (χ1v) is 6.75. The molecule has 0 unspecified atom stereocenters. The highest BCUT2D eigenvalue weighted by Crippen LogP contribution is 2.16. The van der Waals surface area contributed by atoms with E-state index in [0.717, 1.165) is 39.0 Å². The summed E-state index contributed by atoms with van der Waals surface area (Å²) in [4.78, 5) is 13.1. The van der Waals surface area contributed by atoms with Crippen LogP contribution in [0.1, 0.15) is 32.6 Å². The van der Waals surface area contributed by atoms with Gasteiger partial charge in [0.25, 0.3) is 0 Å². The Morgan fingerprint density at radius 3 is 2.67 bits per heavy atom. The summed E-state index contributed by atoms with van der Waals surface area (Å²) < 4.78 is 5.34. The Hall–Kier alpha value is -0.650. The van der Waals surface area contributed by atoms with E-state index in [4.69, 9.17) is 10.5 Å². The fourth-order valence-electron chi connectivity index (χ4n) is 2.32. The van der Waals surface area contributed by atoms with Crippen molar-refractivity contribution in [3.05, 3.63) is 0 Å². The van der Waals surface area contributed by atoms with Gasteiger partial charge in [0, 0.05) is 19.3 Å². The highest BCUT2D eigenvalue weighted by atomic mass is 16.5. The molecule has 18 heavy (non-hydrogen) atoms. The van der Waals surface area contributed by atoms with Crippen LogP contribution in [0, 0.1) is 5.92 Å². The maximum absolute atomic E-state index is 10.7. The van der Waals surface area contributed by atoms with Gasteiger partial charge in [-0.3, -0.25) is 4.79 Å². The topological polar surface area (TPSA) is 75.8 Å². The summed E-state index contributed by atoms with van der Waals surface area (Å²) in [5, 5.41) is 9.77. The van der Waals surface area contributed by atoms with E-state index in [1.807, 2.05) is 6.92 Å². The van der Waals surface area contributed by atoms with E-state index in [2.05, 4.69) is 11.9 Å². The van der Waals surface area contributed by atoms with E-state index >= 15 is 0 Å². The van der Waals surface area contributed by atoms with Crippen LogP contribution in [-0.2, 0) is 9.53 Å². The van der Waals surface area contributed by atoms with Crippen LogP contribution in [0.3, 0.4) is 0 Å². The summed E-state index contributed by atoms with van der Waals surface area (Å²) in [7, 11) is 2.11. The Balaban J connectivity index is 2.23. The fraction of sp³-hybridized carbons (Fsp3) is 0.923. The van der Waals surface area contributed by atoms with Crippen LogP contribution >= 0.6 is 0 Å². The van der Waals surface area contributed by atoms with Gasteiger partial charge in [0.2, 0.25) is 5.91 Å². The van der Waals surface area contributed by atoms with Crippen molar-refractivity contribution in [2.24, 2.45) is 11.7 Å².